The van der Waals surface area contributed by atoms with Crippen LogP contribution < -0.4 is 11.1 Å². The van der Waals surface area contributed by atoms with E-state index in [0.717, 1.165) is 0 Å². The molecular formula is C10H19N3O2. The van der Waals surface area contributed by atoms with Gasteiger partial charge in [0.05, 0.1) is 6.54 Å². The minimum Gasteiger partial charge on any atom is -0.350 e. The van der Waals surface area contributed by atoms with Gasteiger partial charge in [-0.15, -0.1) is 0 Å². The molecule has 0 aliphatic carbocycles. The van der Waals surface area contributed by atoms with Gasteiger partial charge < -0.3 is 16.0 Å². The maximum Gasteiger partial charge on any atom is 0.240 e. The molecule has 5 nitrogen and oxygen atoms in total. The summed E-state index contributed by atoms with van der Waals surface area (Å²) in [5, 5.41) is 2.81. The fourth-order valence-electron chi connectivity index (χ4n) is 1.59. The molecule has 0 aromatic carbocycles. The predicted octanol–water partition coefficient (Wildman–Crippen LogP) is -0.539. The summed E-state index contributed by atoms with van der Waals surface area (Å²) in [6, 6.07) is -0.125. The number of nitrogens with zero attached hydrogens (tertiary/aromatic N) is 1. The highest BCUT2D eigenvalue weighted by Crippen LogP contribution is 2.08. The summed E-state index contributed by atoms with van der Waals surface area (Å²) in [6.07, 6.45) is 0.350. The number of hydrogen-bond donors (Lipinski definition) is 2. The Balaban J connectivity index is 2.42. The summed E-state index contributed by atoms with van der Waals surface area (Å²) in [7, 11) is 0. The van der Waals surface area contributed by atoms with Crippen LogP contribution in [0, 0.1) is 0 Å². The first kappa shape index (κ1) is 12.0. The summed E-state index contributed by atoms with van der Waals surface area (Å²) in [4.78, 5) is 24.4. The normalized spacial score (nSPS) is 22.0. The van der Waals surface area contributed by atoms with Gasteiger partial charge in [0, 0.05) is 24.5 Å². The van der Waals surface area contributed by atoms with Crippen molar-refractivity contribution in [2.75, 3.05) is 13.1 Å². The third-order valence-electron chi connectivity index (χ3n) is 2.09. The van der Waals surface area contributed by atoms with Gasteiger partial charge in [0.25, 0.3) is 0 Å². The zero-order chi connectivity index (χ0) is 11.6. The van der Waals surface area contributed by atoms with Gasteiger partial charge in [-0.05, 0) is 20.8 Å². The lowest BCUT2D eigenvalue weighted by molar-refractivity contribution is -0.133. The molecule has 0 saturated carbocycles. The summed E-state index contributed by atoms with van der Waals surface area (Å²) in [5.41, 5.74) is 5.36. The van der Waals surface area contributed by atoms with E-state index in [1.807, 2.05) is 20.8 Å². The first-order valence-corrected chi connectivity index (χ1v) is 5.12. The third-order valence-corrected chi connectivity index (χ3v) is 2.09. The third kappa shape index (κ3) is 3.87. The number of nitrogens with one attached hydrogen (secondary N) is 1. The van der Waals surface area contributed by atoms with Crippen LogP contribution in [0.1, 0.15) is 27.2 Å². The molecule has 3 N–H and O–H groups in total. The second-order valence-electron chi connectivity index (χ2n) is 5.04. The number of amides is 2. The molecule has 0 spiro atoms. The highest BCUT2D eigenvalue weighted by Gasteiger charge is 2.28. The Bertz CT molecular complexity index is 270. The number of carbonyl (C=O) groups is 2. The monoisotopic (exact) mass is 213 g/mol. The zero-order valence-electron chi connectivity index (χ0n) is 9.54. The Morgan fingerprint density at radius 3 is 2.60 bits per heavy atom. The smallest absolute Gasteiger partial charge is 0.240 e. The summed E-state index contributed by atoms with van der Waals surface area (Å²) < 4.78 is 0. The second kappa shape index (κ2) is 4.18. The minimum absolute atomic E-state index is 0.0356. The highest BCUT2D eigenvalue weighted by molar-refractivity contribution is 5.86. The quantitative estimate of drug-likeness (QED) is 0.647. The van der Waals surface area contributed by atoms with Crippen LogP contribution in [0.5, 0.6) is 0 Å². The van der Waals surface area contributed by atoms with Gasteiger partial charge in [-0.1, -0.05) is 0 Å². The number of hydrogen-bond acceptors (Lipinski definition) is 3. The lowest BCUT2D eigenvalue weighted by Crippen LogP contribution is -2.46. The molecular weight excluding hydrogens is 194 g/mol. The van der Waals surface area contributed by atoms with Crippen molar-refractivity contribution in [3.8, 4) is 0 Å². The average Bonchev–Trinajstić information content (AvgIpc) is 2.25. The Morgan fingerprint density at radius 1 is 1.60 bits per heavy atom. The van der Waals surface area contributed by atoms with E-state index in [0.29, 0.717) is 13.0 Å². The van der Waals surface area contributed by atoms with E-state index in [4.69, 9.17) is 5.73 Å². The van der Waals surface area contributed by atoms with Gasteiger partial charge in [-0.3, -0.25) is 9.59 Å². The van der Waals surface area contributed by atoms with E-state index in [1.54, 1.807) is 0 Å². The van der Waals surface area contributed by atoms with Crippen LogP contribution in [0.25, 0.3) is 0 Å². The van der Waals surface area contributed by atoms with E-state index in [9.17, 15) is 9.59 Å². The summed E-state index contributed by atoms with van der Waals surface area (Å²) in [6.45, 7) is 6.31. The average molecular weight is 213 g/mol. The Morgan fingerprint density at radius 2 is 2.20 bits per heavy atom. The molecule has 1 saturated heterocycles. The molecule has 1 fully saturated rings. The van der Waals surface area contributed by atoms with Crippen molar-refractivity contribution in [2.24, 2.45) is 5.73 Å². The maximum atomic E-state index is 11.5. The molecule has 0 aromatic heterocycles. The Kier molecular flexibility index (Phi) is 3.34. The number of carbonyl (C=O) groups excluding carboxylic acids is 2. The van der Waals surface area contributed by atoms with Crippen LogP contribution in [-0.2, 0) is 9.59 Å². The van der Waals surface area contributed by atoms with Crippen molar-refractivity contribution in [3.05, 3.63) is 0 Å². The molecule has 1 rings (SSSR count). The van der Waals surface area contributed by atoms with Crippen LogP contribution in [-0.4, -0.2) is 41.4 Å². The predicted molar refractivity (Wildman–Crippen MR) is 57.1 cm³/mol. The molecule has 1 heterocycles. The Labute approximate surface area is 90.0 Å². The molecule has 1 atom stereocenters. The fourth-order valence-corrected chi connectivity index (χ4v) is 1.59. The van der Waals surface area contributed by atoms with E-state index >= 15 is 0 Å². The van der Waals surface area contributed by atoms with Crippen LogP contribution in [0.15, 0.2) is 0 Å². The number of nitrogens with two attached hydrogens (primary N) is 1. The van der Waals surface area contributed by atoms with Crippen molar-refractivity contribution in [1.29, 1.82) is 0 Å². The first-order valence-electron chi connectivity index (χ1n) is 5.12. The molecule has 0 aromatic rings. The lowest BCUT2D eigenvalue weighted by atomic mass is 10.1. The minimum atomic E-state index is -0.262. The SMILES string of the molecule is CC(C)(C)NC(=O)CN1CC(N)CC1=O. The molecule has 0 radical (unpaired) electrons. The van der Waals surface area contributed by atoms with Crippen molar-refractivity contribution < 1.29 is 9.59 Å². The molecule has 15 heavy (non-hydrogen) atoms. The molecule has 2 amide bonds. The van der Waals surface area contributed by atoms with E-state index in [-0.39, 0.29) is 29.9 Å². The summed E-state index contributed by atoms with van der Waals surface area (Å²) in [5.74, 6) is -0.170. The molecule has 0 bridgehead atoms. The zero-order valence-corrected chi connectivity index (χ0v) is 9.54. The van der Waals surface area contributed by atoms with Gasteiger partial charge in [0.2, 0.25) is 11.8 Å². The van der Waals surface area contributed by atoms with Crippen molar-refractivity contribution >= 4 is 11.8 Å². The molecule has 1 aliphatic rings. The van der Waals surface area contributed by atoms with Crippen LogP contribution >= 0.6 is 0 Å². The molecule has 1 unspecified atom stereocenters. The van der Waals surface area contributed by atoms with Crippen molar-refractivity contribution in [1.82, 2.24) is 10.2 Å². The first-order chi connectivity index (χ1) is 6.78. The largest absolute Gasteiger partial charge is 0.350 e. The lowest BCUT2D eigenvalue weighted by Gasteiger charge is -2.23. The van der Waals surface area contributed by atoms with Crippen LogP contribution in [0.4, 0.5) is 0 Å². The van der Waals surface area contributed by atoms with Gasteiger partial charge in [-0.25, -0.2) is 0 Å². The Hall–Kier alpha value is -1.10. The fraction of sp³-hybridized carbons (Fsp3) is 0.800. The number of likely N-dealkylation sites (tertiary alicyclic amines) is 1. The molecule has 5 heteroatoms. The van der Waals surface area contributed by atoms with Gasteiger partial charge in [0.15, 0.2) is 0 Å². The molecule has 1 aliphatic heterocycles. The topological polar surface area (TPSA) is 75.4 Å². The van der Waals surface area contributed by atoms with E-state index in [1.165, 1.54) is 4.90 Å². The number of rotatable bonds is 2. The highest BCUT2D eigenvalue weighted by atomic mass is 16.2. The molecule has 86 valence electrons. The van der Waals surface area contributed by atoms with Gasteiger partial charge in [0.1, 0.15) is 0 Å². The van der Waals surface area contributed by atoms with Crippen molar-refractivity contribution in [2.45, 2.75) is 38.8 Å². The van der Waals surface area contributed by atoms with Crippen molar-refractivity contribution in [3.63, 3.8) is 0 Å². The van der Waals surface area contributed by atoms with E-state index in [2.05, 4.69) is 5.32 Å². The summed E-state index contributed by atoms with van der Waals surface area (Å²) >= 11 is 0. The van der Waals surface area contributed by atoms with Crippen LogP contribution in [0.3, 0.4) is 0 Å². The second-order valence-corrected chi connectivity index (χ2v) is 5.04. The van der Waals surface area contributed by atoms with Gasteiger partial charge >= 0.3 is 0 Å². The van der Waals surface area contributed by atoms with Gasteiger partial charge in [-0.2, -0.15) is 0 Å². The van der Waals surface area contributed by atoms with E-state index < -0.39 is 0 Å². The van der Waals surface area contributed by atoms with Crippen LogP contribution in [0.2, 0.25) is 0 Å². The standard InChI is InChI=1S/C10H19N3O2/c1-10(2,3)12-8(14)6-13-5-7(11)4-9(13)15/h7H,4-6,11H2,1-3H3,(H,12,14). The maximum absolute atomic E-state index is 11.5.